The minimum absolute atomic E-state index is 0.0989. The van der Waals surface area contributed by atoms with Crippen molar-refractivity contribution in [3.63, 3.8) is 0 Å². The van der Waals surface area contributed by atoms with Crippen LogP contribution in [0.5, 0.6) is 0 Å². The van der Waals surface area contributed by atoms with Crippen LogP contribution in [0.2, 0.25) is 0 Å². The molecule has 0 aliphatic heterocycles. The lowest BCUT2D eigenvalue weighted by atomic mass is 10.1. The van der Waals surface area contributed by atoms with E-state index in [9.17, 15) is 15.2 Å². The van der Waals surface area contributed by atoms with E-state index in [1.165, 1.54) is 18.5 Å². The maximum absolute atomic E-state index is 10.8. The Kier molecular flexibility index (Phi) is 4.57. The molecular weight excluding hydrogens is 236 g/mol. The minimum atomic E-state index is -0.972. The van der Waals surface area contributed by atoms with Crippen molar-refractivity contribution < 1.29 is 10.0 Å². The Morgan fingerprint density at radius 1 is 1.61 bits per heavy atom. The lowest BCUT2D eigenvalue weighted by Gasteiger charge is -2.27. The zero-order valence-corrected chi connectivity index (χ0v) is 10.8. The molecule has 0 aromatic carbocycles. The highest BCUT2D eigenvalue weighted by molar-refractivity contribution is 5.59. The Morgan fingerprint density at radius 2 is 2.28 bits per heavy atom. The summed E-state index contributed by atoms with van der Waals surface area (Å²) < 4.78 is 0. The summed E-state index contributed by atoms with van der Waals surface area (Å²) in [6.45, 7) is 2.35. The molecule has 0 amide bonds. The van der Waals surface area contributed by atoms with Crippen molar-refractivity contribution in [3.8, 4) is 0 Å². The third-order valence-electron chi connectivity index (χ3n) is 2.31. The highest BCUT2D eigenvalue weighted by atomic mass is 16.6. The number of likely N-dealkylation sites (N-methyl/N-ethyl adjacent to an activating group) is 1. The molecule has 7 heteroatoms. The first-order chi connectivity index (χ1) is 8.32. The lowest BCUT2D eigenvalue weighted by Crippen LogP contribution is -2.43. The molecule has 1 unspecified atom stereocenters. The molecule has 0 radical (unpaired) electrons. The van der Waals surface area contributed by atoms with E-state index in [-0.39, 0.29) is 12.2 Å². The normalized spacial score (nSPS) is 14.3. The van der Waals surface area contributed by atoms with Crippen LogP contribution in [-0.4, -0.2) is 52.7 Å². The molecule has 0 saturated carbocycles. The van der Waals surface area contributed by atoms with E-state index in [2.05, 4.69) is 10.3 Å². The van der Waals surface area contributed by atoms with Gasteiger partial charge in [0.15, 0.2) is 0 Å². The van der Waals surface area contributed by atoms with E-state index in [1.54, 1.807) is 6.92 Å². The molecule has 1 aromatic rings. The van der Waals surface area contributed by atoms with E-state index in [0.717, 1.165) is 0 Å². The summed E-state index contributed by atoms with van der Waals surface area (Å²) in [7, 11) is 3.70. The van der Waals surface area contributed by atoms with Gasteiger partial charge in [0, 0.05) is 19.3 Å². The topological polar surface area (TPSA) is 91.5 Å². The van der Waals surface area contributed by atoms with Gasteiger partial charge in [-0.1, -0.05) is 0 Å². The Labute approximate surface area is 106 Å². The Morgan fingerprint density at radius 3 is 2.83 bits per heavy atom. The minimum Gasteiger partial charge on any atom is -0.387 e. The lowest BCUT2D eigenvalue weighted by molar-refractivity contribution is -0.384. The van der Waals surface area contributed by atoms with Gasteiger partial charge in [-0.15, -0.1) is 0 Å². The summed E-state index contributed by atoms with van der Waals surface area (Å²) in [5.41, 5.74) is -0.715. The van der Waals surface area contributed by atoms with Crippen LogP contribution >= 0.6 is 0 Å². The van der Waals surface area contributed by atoms with Crippen molar-refractivity contribution in [1.29, 1.82) is 0 Å². The van der Waals surface area contributed by atoms with Crippen molar-refractivity contribution in [2.24, 2.45) is 0 Å². The van der Waals surface area contributed by atoms with Crippen LogP contribution in [0, 0.1) is 10.1 Å². The number of rotatable bonds is 6. The second-order valence-electron chi connectivity index (χ2n) is 4.74. The maximum Gasteiger partial charge on any atom is 0.310 e. The fourth-order valence-corrected chi connectivity index (χ4v) is 1.70. The molecule has 2 N–H and O–H groups in total. The van der Waals surface area contributed by atoms with E-state index in [0.29, 0.717) is 12.2 Å². The molecule has 0 fully saturated rings. The predicted octanol–water partition coefficient (Wildman–Crippen LogP) is 0.714. The van der Waals surface area contributed by atoms with Gasteiger partial charge in [0.1, 0.15) is 11.9 Å². The summed E-state index contributed by atoms with van der Waals surface area (Å²) in [5.74, 6) is 0. The fraction of sp³-hybridized carbons (Fsp3) is 0.545. The van der Waals surface area contributed by atoms with Crippen molar-refractivity contribution in [2.75, 3.05) is 32.5 Å². The number of nitro groups is 1. The average Bonchev–Trinajstić information content (AvgIpc) is 2.25. The zero-order chi connectivity index (χ0) is 13.8. The summed E-state index contributed by atoms with van der Waals surface area (Å²) in [6.07, 6.45) is 2.65. The van der Waals surface area contributed by atoms with Crippen LogP contribution in [-0.2, 0) is 0 Å². The van der Waals surface area contributed by atoms with Gasteiger partial charge in [0.05, 0.1) is 10.5 Å². The molecule has 1 atom stereocenters. The average molecular weight is 254 g/mol. The van der Waals surface area contributed by atoms with Crippen molar-refractivity contribution in [2.45, 2.75) is 12.5 Å². The molecule has 1 aromatic heterocycles. The number of nitrogens with zero attached hydrogens (tertiary/aromatic N) is 3. The van der Waals surface area contributed by atoms with Crippen LogP contribution in [0.1, 0.15) is 6.92 Å². The SMILES string of the molecule is CN(C)CC(C)(O)CNc1ccncc1[N+](=O)[O-]. The molecule has 18 heavy (non-hydrogen) atoms. The van der Waals surface area contributed by atoms with Crippen LogP contribution in [0.4, 0.5) is 11.4 Å². The second kappa shape index (κ2) is 5.74. The van der Waals surface area contributed by atoms with Gasteiger partial charge < -0.3 is 15.3 Å². The largest absolute Gasteiger partial charge is 0.387 e. The molecule has 0 bridgehead atoms. The van der Waals surface area contributed by atoms with Gasteiger partial charge >= 0.3 is 5.69 Å². The third kappa shape index (κ3) is 4.27. The highest BCUT2D eigenvalue weighted by Gasteiger charge is 2.22. The maximum atomic E-state index is 10.8. The van der Waals surface area contributed by atoms with Crippen molar-refractivity contribution >= 4 is 11.4 Å². The molecule has 0 aliphatic rings. The molecule has 100 valence electrons. The Hall–Kier alpha value is -1.73. The highest BCUT2D eigenvalue weighted by Crippen LogP contribution is 2.22. The molecule has 1 heterocycles. The van der Waals surface area contributed by atoms with Crippen molar-refractivity contribution in [3.05, 3.63) is 28.6 Å². The monoisotopic (exact) mass is 254 g/mol. The first kappa shape index (κ1) is 14.3. The molecule has 1 rings (SSSR count). The number of nitrogens with one attached hydrogen (secondary N) is 1. The third-order valence-corrected chi connectivity index (χ3v) is 2.31. The molecule has 0 aliphatic carbocycles. The van der Waals surface area contributed by atoms with E-state index in [1.807, 2.05) is 19.0 Å². The number of aromatic nitrogens is 1. The van der Waals surface area contributed by atoms with Gasteiger partial charge in [-0.3, -0.25) is 15.1 Å². The van der Waals surface area contributed by atoms with Gasteiger partial charge in [-0.25, -0.2) is 0 Å². The predicted molar refractivity (Wildman–Crippen MR) is 68.6 cm³/mol. The molecular formula is C11H18N4O3. The molecule has 7 nitrogen and oxygen atoms in total. The van der Waals surface area contributed by atoms with Gasteiger partial charge in [-0.05, 0) is 27.1 Å². The van der Waals surface area contributed by atoms with Gasteiger partial charge in [-0.2, -0.15) is 0 Å². The van der Waals surface area contributed by atoms with E-state index < -0.39 is 10.5 Å². The van der Waals surface area contributed by atoms with Gasteiger partial charge in [0.25, 0.3) is 0 Å². The fourth-order valence-electron chi connectivity index (χ4n) is 1.70. The number of hydrogen-bond acceptors (Lipinski definition) is 6. The van der Waals surface area contributed by atoms with Crippen LogP contribution in [0.3, 0.4) is 0 Å². The van der Waals surface area contributed by atoms with E-state index >= 15 is 0 Å². The Bertz CT molecular complexity index is 421. The molecule has 0 saturated heterocycles. The van der Waals surface area contributed by atoms with Crippen LogP contribution in [0.15, 0.2) is 18.5 Å². The summed E-state index contributed by atoms with van der Waals surface area (Å²) in [4.78, 5) is 15.8. The van der Waals surface area contributed by atoms with Crippen LogP contribution in [0.25, 0.3) is 0 Å². The standard InChI is InChI=1S/C11H18N4O3/c1-11(16,8-14(2)3)7-13-9-4-5-12-6-10(9)15(17)18/h4-6,16H,7-8H2,1-3H3,(H,12,13). The second-order valence-corrected chi connectivity index (χ2v) is 4.74. The quantitative estimate of drug-likeness (QED) is 0.574. The molecule has 0 spiro atoms. The van der Waals surface area contributed by atoms with E-state index in [4.69, 9.17) is 0 Å². The first-order valence-corrected chi connectivity index (χ1v) is 5.51. The smallest absolute Gasteiger partial charge is 0.310 e. The zero-order valence-electron chi connectivity index (χ0n) is 10.8. The summed E-state index contributed by atoms with van der Waals surface area (Å²) >= 11 is 0. The summed E-state index contributed by atoms with van der Waals surface area (Å²) in [6, 6.07) is 1.52. The number of anilines is 1. The number of aliphatic hydroxyl groups is 1. The number of hydrogen-bond donors (Lipinski definition) is 2. The van der Waals surface area contributed by atoms with Crippen molar-refractivity contribution in [1.82, 2.24) is 9.88 Å². The first-order valence-electron chi connectivity index (χ1n) is 5.51. The Balaban J connectivity index is 2.71. The van der Waals surface area contributed by atoms with Gasteiger partial charge in [0.2, 0.25) is 0 Å². The van der Waals surface area contributed by atoms with Crippen LogP contribution < -0.4 is 5.32 Å². The number of pyridine rings is 1. The summed E-state index contributed by atoms with van der Waals surface area (Å²) in [5, 5.41) is 23.7.